The van der Waals surface area contributed by atoms with Crippen molar-refractivity contribution in [3.63, 3.8) is 0 Å². The molecule has 0 radical (unpaired) electrons. The van der Waals surface area contributed by atoms with E-state index in [-0.39, 0.29) is 0 Å². The lowest BCUT2D eigenvalue weighted by Crippen LogP contribution is -2.13. The van der Waals surface area contributed by atoms with E-state index >= 15 is 0 Å². The molecule has 0 heterocycles. The van der Waals surface area contributed by atoms with Gasteiger partial charge in [0.15, 0.2) is 0 Å². The molecule has 5 N–H and O–H groups in total. The average Bonchev–Trinajstić information content (AvgIpc) is 2.41. The predicted molar refractivity (Wildman–Crippen MR) is 83.2 cm³/mol. The third kappa shape index (κ3) is 3.09. The van der Waals surface area contributed by atoms with Gasteiger partial charge in [0, 0.05) is 17.1 Å². The van der Waals surface area contributed by atoms with Crippen LogP contribution in [0.25, 0.3) is 0 Å². The van der Waals surface area contributed by atoms with Crippen LogP contribution in [0.2, 0.25) is 0 Å². The van der Waals surface area contributed by atoms with Gasteiger partial charge in [-0.3, -0.25) is 4.79 Å². The first-order chi connectivity index (χ1) is 9.47. The van der Waals surface area contributed by atoms with Crippen molar-refractivity contribution in [1.82, 2.24) is 0 Å². The van der Waals surface area contributed by atoms with E-state index in [9.17, 15) is 4.79 Å². The second-order valence-electron chi connectivity index (χ2n) is 5.07. The van der Waals surface area contributed by atoms with Crippen molar-refractivity contribution in [2.45, 2.75) is 19.8 Å². The topological polar surface area (TPSA) is 81.1 Å². The molecule has 0 aliphatic rings. The maximum absolute atomic E-state index is 11.3. The molecule has 20 heavy (non-hydrogen) atoms. The molecule has 0 saturated carbocycles. The molecular weight excluding hydrogens is 250 g/mol. The fourth-order valence-corrected chi connectivity index (χ4v) is 1.97. The molecule has 2 aromatic rings. The Balaban J connectivity index is 2.21. The second kappa shape index (κ2) is 5.65. The number of nitrogens with one attached hydrogen (secondary N) is 1. The quantitative estimate of drug-likeness (QED) is 0.745. The first kappa shape index (κ1) is 13.9. The van der Waals surface area contributed by atoms with Crippen molar-refractivity contribution < 1.29 is 4.79 Å². The number of carbonyl (C=O) groups is 1. The van der Waals surface area contributed by atoms with Crippen LogP contribution < -0.4 is 16.8 Å². The van der Waals surface area contributed by atoms with Gasteiger partial charge in [-0.1, -0.05) is 26.0 Å². The third-order valence-electron chi connectivity index (χ3n) is 3.18. The maximum atomic E-state index is 11.3. The van der Waals surface area contributed by atoms with Crippen molar-refractivity contribution in [2.24, 2.45) is 5.73 Å². The average molecular weight is 269 g/mol. The van der Waals surface area contributed by atoms with Gasteiger partial charge in [0.05, 0.1) is 5.56 Å². The maximum Gasteiger partial charge on any atom is 0.250 e. The lowest BCUT2D eigenvalue weighted by Gasteiger charge is -2.11. The molecule has 0 bridgehead atoms. The highest BCUT2D eigenvalue weighted by molar-refractivity contribution is 5.99. The molecule has 4 heteroatoms. The summed E-state index contributed by atoms with van der Waals surface area (Å²) >= 11 is 0. The lowest BCUT2D eigenvalue weighted by atomic mass is 10.0. The van der Waals surface area contributed by atoms with E-state index < -0.39 is 5.91 Å². The summed E-state index contributed by atoms with van der Waals surface area (Å²) in [6, 6.07) is 13.3. The van der Waals surface area contributed by atoms with Crippen LogP contribution in [0.15, 0.2) is 42.5 Å². The molecule has 0 aromatic heterocycles. The monoisotopic (exact) mass is 269 g/mol. The number of nitrogen functional groups attached to an aromatic ring is 1. The minimum Gasteiger partial charge on any atom is -0.398 e. The number of anilines is 3. The normalized spacial score (nSPS) is 10.6. The first-order valence-electron chi connectivity index (χ1n) is 6.53. The summed E-state index contributed by atoms with van der Waals surface area (Å²) in [6.07, 6.45) is 0. The number of hydrogen-bond acceptors (Lipinski definition) is 3. The molecule has 2 rings (SSSR count). The van der Waals surface area contributed by atoms with E-state index in [4.69, 9.17) is 11.5 Å². The Labute approximate surface area is 118 Å². The van der Waals surface area contributed by atoms with Crippen molar-refractivity contribution in [2.75, 3.05) is 11.1 Å². The number of carbonyl (C=O) groups excluding carboxylic acids is 1. The minimum atomic E-state index is -0.527. The zero-order chi connectivity index (χ0) is 14.7. The number of benzene rings is 2. The standard InChI is InChI=1S/C16H19N3O/c1-10(2)11-3-5-12(6-4-11)19-13-7-8-15(17)14(9-13)16(18)20/h3-10,19H,17H2,1-2H3,(H2,18,20). The highest BCUT2D eigenvalue weighted by atomic mass is 16.1. The Hall–Kier alpha value is -2.49. The molecule has 0 fully saturated rings. The van der Waals surface area contributed by atoms with Crippen molar-refractivity contribution in [1.29, 1.82) is 0 Å². The van der Waals surface area contributed by atoms with E-state index in [1.54, 1.807) is 12.1 Å². The second-order valence-corrected chi connectivity index (χ2v) is 5.07. The van der Waals surface area contributed by atoms with Crippen molar-refractivity contribution in [3.8, 4) is 0 Å². The van der Waals surface area contributed by atoms with Gasteiger partial charge in [0.2, 0.25) is 0 Å². The van der Waals surface area contributed by atoms with E-state index in [0.29, 0.717) is 17.2 Å². The molecule has 0 spiro atoms. The summed E-state index contributed by atoms with van der Waals surface area (Å²) in [5, 5.41) is 3.23. The fourth-order valence-electron chi connectivity index (χ4n) is 1.97. The number of primary amides is 1. The molecule has 0 saturated heterocycles. The van der Waals surface area contributed by atoms with Crippen LogP contribution in [-0.2, 0) is 0 Å². The first-order valence-corrected chi connectivity index (χ1v) is 6.53. The fraction of sp³-hybridized carbons (Fsp3) is 0.188. The van der Waals surface area contributed by atoms with E-state index in [0.717, 1.165) is 11.4 Å². The highest BCUT2D eigenvalue weighted by Crippen LogP contribution is 2.23. The Morgan fingerprint density at radius 2 is 1.65 bits per heavy atom. The Morgan fingerprint density at radius 3 is 2.20 bits per heavy atom. The van der Waals surface area contributed by atoms with Gasteiger partial charge in [-0.15, -0.1) is 0 Å². The van der Waals surface area contributed by atoms with E-state index in [2.05, 4.69) is 31.3 Å². The van der Waals surface area contributed by atoms with Gasteiger partial charge in [-0.05, 0) is 41.8 Å². The summed E-state index contributed by atoms with van der Waals surface area (Å²) in [6.45, 7) is 4.31. The molecule has 0 aliphatic heterocycles. The highest BCUT2D eigenvalue weighted by Gasteiger charge is 2.07. The molecule has 0 unspecified atom stereocenters. The predicted octanol–water partition coefficient (Wildman–Crippen LogP) is 3.23. The number of nitrogens with two attached hydrogens (primary N) is 2. The third-order valence-corrected chi connectivity index (χ3v) is 3.18. The molecule has 4 nitrogen and oxygen atoms in total. The lowest BCUT2D eigenvalue weighted by molar-refractivity contribution is 0.100. The molecule has 0 atom stereocenters. The SMILES string of the molecule is CC(C)c1ccc(Nc2ccc(N)c(C(N)=O)c2)cc1. The number of hydrogen-bond donors (Lipinski definition) is 3. The summed E-state index contributed by atoms with van der Waals surface area (Å²) < 4.78 is 0. The Morgan fingerprint density at radius 1 is 1.05 bits per heavy atom. The summed E-state index contributed by atoms with van der Waals surface area (Å²) in [5.41, 5.74) is 14.7. The largest absolute Gasteiger partial charge is 0.398 e. The van der Waals surface area contributed by atoms with Gasteiger partial charge in [0.25, 0.3) is 5.91 Å². The molecule has 104 valence electrons. The Kier molecular flexibility index (Phi) is 3.94. The summed E-state index contributed by atoms with van der Waals surface area (Å²) in [7, 11) is 0. The van der Waals surface area contributed by atoms with E-state index in [1.165, 1.54) is 5.56 Å². The van der Waals surface area contributed by atoms with Crippen molar-refractivity contribution >= 4 is 23.0 Å². The van der Waals surface area contributed by atoms with E-state index in [1.807, 2.05) is 18.2 Å². The van der Waals surface area contributed by atoms with Gasteiger partial charge in [-0.2, -0.15) is 0 Å². The van der Waals surface area contributed by atoms with Crippen LogP contribution >= 0.6 is 0 Å². The van der Waals surface area contributed by atoms with Crippen LogP contribution in [0, 0.1) is 0 Å². The molecule has 2 aromatic carbocycles. The van der Waals surface area contributed by atoms with Crippen LogP contribution in [0.1, 0.15) is 35.7 Å². The van der Waals surface area contributed by atoms with Crippen LogP contribution in [0.3, 0.4) is 0 Å². The van der Waals surface area contributed by atoms with Gasteiger partial charge in [-0.25, -0.2) is 0 Å². The zero-order valence-corrected chi connectivity index (χ0v) is 11.7. The number of rotatable bonds is 4. The van der Waals surface area contributed by atoms with Crippen LogP contribution in [0.4, 0.5) is 17.1 Å². The van der Waals surface area contributed by atoms with Gasteiger partial charge < -0.3 is 16.8 Å². The summed E-state index contributed by atoms with van der Waals surface area (Å²) in [4.78, 5) is 11.3. The van der Waals surface area contributed by atoms with Crippen molar-refractivity contribution in [3.05, 3.63) is 53.6 Å². The van der Waals surface area contributed by atoms with Crippen LogP contribution in [0.5, 0.6) is 0 Å². The number of amides is 1. The molecule has 1 amide bonds. The molecular formula is C16H19N3O. The van der Waals surface area contributed by atoms with Crippen LogP contribution in [-0.4, -0.2) is 5.91 Å². The zero-order valence-electron chi connectivity index (χ0n) is 11.7. The smallest absolute Gasteiger partial charge is 0.250 e. The Bertz CT molecular complexity index is 618. The minimum absolute atomic E-state index is 0.328. The molecule has 0 aliphatic carbocycles. The van der Waals surface area contributed by atoms with Gasteiger partial charge in [0.1, 0.15) is 0 Å². The summed E-state index contributed by atoms with van der Waals surface area (Å²) in [5.74, 6) is -0.0247. The van der Waals surface area contributed by atoms with Gasteiger partial charge >= 0.3 is 0 Å².